The Balaban J connectivity index is 1.73. The molecule has 3 aromatic rings. The number of carbonyl (C=O) groups excluding carboxylic acids is 2. The number of nitrogens with zero attached hydrogens (tertiary/aromatic N) is 1. The Morgan fingerprint density at radius 3 is 2.46 bits per heavy atom. The van der Waals surface area contributed by atoms with E-state index < -0.39 is 17.5 Å². The van der Waals surface area contributed by atoms with Crippen molar-refractivity contribution in [3.63, 3.8) is 0 Å². The van der Waals surface area contributed by atoms with Gasteiger partial charge in [-0.2, -0.15) is 0 Å². The third kappa shape index (κ3) is 3.44. The molecule has 26 heavy (non-hydrogen) atoms. The van der Waals surface area contributed by atoms with Gasteiger partial charge in [0.1, 0.15) is 0 Å². The van der Waals surface area contributed by atoms with E-state index in [9.17, 15) is 19.7 Å². The number of hydrogen-bond acceptors (Lipinski definition) is 5. The summed E-state index contributed by atoms with van der Waals surface area (Å²) in [5.41, 5.74) is 0.554. The number of hydrogen-bond donors (Lipinski definition) is 0. The van der Waals surface area contributed by atoms with Crippen molar-refractivity contribution in [2.24, 2.45) is 0 Å². The monoisotopic (exact) mass is 349 g/mol. The maximum absolute atomic E-state index is 12.3. The van der Waals surface area contributed by atoms with Crippen LogP contribution in [0.4, 0.5) is 5.69 Å². The van der Waals surface area contributed by atoms with Crippen LogP contribution >= 0.6 is 0 Å². The van der Waals surface area contributed by atoms with Gasteiger partial charge in [0, 0.05) is 17.2 Å². The van der Waals surface area contributed by atoms with Gasteiger partial charge in [0.05, 0.1) is 10.5 Å². The summed E-state index contributed by atoms with van der Waals surface area (Å²) in [7, 11) is 0. The summed E-state index contributed by atoms with van der Waals surface area (Å²) in [6.07, 6.45) is 0. The average molecular weight is 349 g/mol. The molecule has 0 saturated heterocycles. The molecule has 0 aromatic heterocycles. The molecule has 0 aliphatic carbocycles. The number of ether oxygens (including phenoxy) is 1. The first-order valence-electron chi connectivity index (χ1n) is 7.90. The molecule has 0 N–H and O–H groups in total. The Morgan fingerprint density at radius 1 is 1.00 bits per heavy atom. The van der Waals surface area contributed by atoms with E-state index >= 15 is 0 Å². The second-order valence-corrected chi connectivity index (χ2v) is 5.77. The smallest absolute Gasteiger partial charge is 0.339 e. The van der Waals surface area contributed by atoms with Gasteiger partial charge in [0.25, 0.3) is 5.69 Å². The first-order chi connectivity index (χ1) is 12.5. The lowest BCUT2D eigenvalue weighted by molar-refractivity contribution is -0.385. The van der Waals surface area contributed by atoms with Crippen LogP contribution in [0.5, 0.6) is 0 Å². The number of nitro benzene ring substituents is 1. The number of esters is 1. The summed E-state index contributed by atoms with van der Waals surface area (Å²) in [6, 6.07) is 17.0. The average Bonchev–Trinajstić information content (AvgIpc) is 2.65. The molecule has 0 fully saturated rings. The molecule has 6 nitrogen and oxygen atoms in total. The predicted molar refractivity (Wildman–Crippen MR) is 96.4 cm³/mol. The summed E-state index contributed by atoms with van der Waals surface area (Å²) >= 11 is 0. The van der Waals surface area contributed by atoms with Gasteiger partial charge >= 0.3 is 5.97 Å². The highest BCUT2D eigenvalue weighted by Gasteiger charge is 2.20. The van der Waals surface area contributed by atoms with E-state index in [0.29, 0.717) is 5.56 Å². The Bertz CT molecular complexity index is 1030. The minimum Gasteiger partial charge on any atom is -0.454 e. The molecule has 0 aliphatic rings. The lowest BCUT2D eigenvalue weighted by atomic mass is 10.0. The lowest BCUT2D eigenvalue weighted by Gasteiger charge is -2.07. The van der Waals surface area contributed by atoms with Crippen LogP contribution in [0.1, 0.15) is 26.3 Å². The third-order valence-electron chi connectivity index (χ3n) is 4.13. The van der Waals surface area contributed by atoms with E-state index in [1.54, 1.807) is 12.1 Å². The number of carbonyl (C=O) groups is 2. The standard InChI is InChI=1S/C20H15NO5/c1-13-17(7-4-8-18(13)21(24)25)20(23)26-12-19(22)16-10-9-14-5-2-3-6-15(14)11-16/h2-11H,12H2,1H3. The molecule has 0 radical (unpaired) electrons. The van der Waals surface area contributed by atoms with E-state index in [-0.39, 0.29) is 22.6 Å². The molecule has 0 heterocycles. The van der Waals surface area contributed by atoms with Crippen molar-refractivity contribution in [3.8, 4) is 0 Å². The summed E-state index contributed by atoms with van der Waals surface area (Å²) in [5, 5.41) is 12.9. The van der Waals surface area contributed by atoms with Gasteiger partial charge in [-0.1, -0.05) is 42.5 Å². The highest BCUT2D eigenvalue weighted by Crippen LogP contribution is 2.22. The first kappa shape index (κ1) is 17.3. The number of Topliss-reactive ketones (excluding diaryl/α,β-unsaturated/α-hetero) is 1. The highest BCUT2D eigenvalue weighted by atomic mass is 16.6. The fourth-order valence-corrected chi connectivity index (χ4v) is 2.70. The van der Waals surface area contributed by atoms with Gasteiger partial charge in [0.15, 0.2) is 12.4 Å². The van der Waals surface area contributed by atoms with E-state index in [1.165, 1.54) is 25.1 Å². The van der Waals surface area contributed by atoms with Crippen molar-refractivity contribution in [1.29, 1.82) is 0 Å². The van der Waals surface area contributed by atoms with E-state index in [0.717, 1.165) is 10.8 Å². The molecule has 0 atom stereocenters. The largest absolute Gasteiger partial charge is 0.454 e. The number of nitro groups is 1. The third-order valence-corrected chi connectivity index (χ3v) is 4.13. The molecule has 6 heteroatoms. The van der Waals surface area contributed by atoms with Crippen LogP contribution < -0.4 is 0 Å². The van der Waals surface area contributed by atoms with Crippen LogP contribution in [0.15, 0.2) is 60.7 Å². The lowest BCUT2D eigenvalue weighted by Crippen LogP contribution is -2.15. The van der Waals surface area contributed by atoms with Crippen LogP contribution in [0.3, 0.4) is 0 Å². The maximum Gasteiger partial charge on any atom is 0.339 e. The fraction of sp³-hybridized carbons (Fsp3) is 0.100. The molecule has 0 spiro atoms. The number of fused-ring (bicyclic) bond motifs is 1. The van der Waals surface area contributed by atoms with Crippen LogP contribution in [-0.4, -0.2) is 23.3 Å². The molecule has 3 rings (SSSR count). The summed E-state index contributed by atoms with van der Waals surface area (Å²) in [4.78, 5) is 34.9. The summed E-state index contributed by atoms with van der Waals surface area (Å²) in [5.74, 6) is -1.10. The Kier molecular flexibility index (Phi) is 4.75. The minimum absolute atomic E-state index is 0.0745. The quantitative estimate of drug-likeness (QED) is 0.300. The topological polar surface area (TPSA) is 86.5 Å². The molecule has 0 bridgehead atoms. The molecule has 0 saturated carbocycles. The van der Waals surface area contributed by atoms with Crippen LogP contribution in [-0.2, 0) is 4.74 Å². The normalized spacial score (nSPS) is 10.5. The number of ketones is 1. The van der Waals surface area contributed by atoms with Gasteiger partial charge in [-0.05, 0) is 29.8 Å². The molecular weight excluding hydrogens is 334 g/mol. The van der Waals surface area contributed by atoms with Crippen molar-refractivity contribution in [2.45, 2.75) is 6.92 Å². The Hall–Kier alpha value is -3.54. The number of rotatable bonds is 5. The first-order valence-corrected chi connectivity index (χ1v) is 7.90. The Morgan fingerprint density at radius 2 is 1.73 bits per heavy atom. The molecule has 0 unspecified atom stereocenters. The van der Waals surface area contributed by atoms with Crippen molar-refractivity contribution in [1.82, 2.24) is 0 Å². The molecule has 130 valence electrons. The minimum atomic E-state index is -0.764. The predicted octanol–water partition coefficient (Wildman–Crippen LogP) is 4.10. The van der Waals surface area contributed by atoms with Crippen LogP contribution in [0, 0.1) is 17.0 Å². The van der Waals surface area contributed by atoms with Gasteiger partial charge in [-0.15, -0.1) is 0 Å². The van der Waals surface area contributed by atoms with Crippen molar-refractivity contribution in [2.75, 3.05) is 6.61 Å². The Labute approximate surface area is 149 Å². The molecule has 0 aliphatic heterocycles. The van der Waals surface area contributed by atoms with E-state index in [2.05, 4.69) is 0 Å². The fourth-order valence-electron chi connectivity index (χ4n) is 2.70. The highest BCUT2D eigenvalue weighted by molar-refractivity contribution is 6.02. The van der Waals surface area contributed by atoms with Crippen LogP contribution in [0.2, 0.25) is 0 Å². The molecule has 3 aromatic carbocycles. The summed E-state index contributed by atoms with van der Waals surface area (Å²) < 4.78 is 5.06. The second-order valence-electron chi connectivity index (χ2n) is 5.77. The zero-order chi connectivity index (χ0) is 18.7. The van der Waals surface area contributed by atoms with E-state index in [4.69, 9.17) is 4.74 Å². The number of benzene rings is 3. The van der Waals surface area contributed by atoms with Gasteiger partial charge in [0.2, 0.25) is 0 Å². The second kappa shape index (κ2) is 7.14. The zero-order valence-electron chi connectivity index (χ0n) is 14.0. The van der Waals surface area contributed by atoms with E-state index in [1.807, 2.05) is 30.3 Å². The molecular formula is C20H15NO5. The zero-order valence-corrected chi connectivity index (χ0v) is 14.0. The van der Waals surface area contributed by atoms with Crippen molar-refractivity contribution >= 4 is 28.2 Å². The summed E-state index contributed by atoms with van der Waals surface area (Å²) in [6.45, 7) is 1.04. The van der Waals surface area contributed by atoms with Crippen molar-refractivity contribution in [3.05, 3.63) is 87.5 Å². The van der Waals surface area contributed by atoms with Gasteiger partial charge < -0.3 is 4.74 Å². The maximum atomic E-state index is 12.3. The van der Waals surface area contributed by atoms with Crippen LogP contribution in [0.25, 0.3) is 10.8 Å². The SMILES string of the molecule is Cc1c(C(=O)OCC(=O)c2ccc3ccccc3c2)cccc1[N+](=O)[O-]. The van der Waals surface area contributed by atoms with Crippen molar-refractivity contribution < 1.29 is 19.2 Å². The van der Waals surface area contributed by atoms with Gasteiger partial charge in [-0.3, -0.25) is 14.9 Å². The molecule has 0 amide bonds. The van der Waals surface area contributed by atoms with Gasteiger partial charge in [-0.25, -0.2) is 4.79 Å².